The van der Waals surface area contributed by atoms with Crippen molar-refractivity contribution in [2.75, 3.05) is 20.3 Å². The molecule has 1 aromatic carbocycles. The van der Waals surface area contributed by atoms with Crippen molar-refractivity contribution in [2.45, 2.75) is 6.04 Å². The van der Waals surface area contributed by atoms with Crippen molar-refractivity contribution in [1.82, 2.24) is 5.32 Å². The fraction of sp³-hybridized carbons (Fsp3) is 0.267. The fourth-order valence-electron chi connectivity index (χ4n) is 1.92. The maximum atomic E-state index is 12.3. The molecule has 0 fully saturated rings. The van der Waals surface area contributed by atoms with Gasteiger partial charge >= 0.3 is 0 Å². The Balaban J connectivity index is 2.18. The van der Waals surface area contributed by atoms with Crippen molar-refractivity contribution >= 4 is 17.2 Å². The molecule has 5 heteroatoms. The number of methoxy groups -OCH3 is 1. The average Bonchev–Trinajstić information content (AvgIpc) is 2.97. The molecule has 1 heterocycles. The van der Waals surface area contributed by atoms with Crippen LogP contribution in [0.2, 0.25) is 0 Å². The molecule has 1 atom stereocenters. The lowest BCUT2D eigenvalue weighted by Crippen LogP contribution is -2.40. The van der Waals surface area contributed by atoms with E-state index in [1.807, 2.05) is 41.8 Å². The van der Waals surface area contributed by atoms with Gasteiger partial charge in [0.05, 0.1) is 24.1 Å². The van der Waals surface area contributed by atoms with Gasteiger partial charge < -0.3 is 15.2 Å². The third-order valence-electron chi connectivity index (χ3n) is 2.88. The second-order valence-electron chi connectivity index (χ2n) is 4.34. The lowest BCUT2D eigenvalue weighted by molar-refractivity contribution is 0.0844. The molecule has 0 spiro atoms. The predicted molar refractivity (Wildman–Crippen MR) is 80.0 cm³/mol. The molecule has 2 N–H and O–H groups in total. The first-order chi connectivity index (χ1) is 9.76. The number of hydrogen-bond donors (Lipinski definition) is 2. The summed E-state index contributed by atoms with van der Waals surface area (Å²) in [7, 11) is 1.54. The standard InChI is InChI=1S/C15H17NO3S/c1-19-10-12(9-17)16-15(18)14-13(7-8-20-14)11-5-3-2-4-6-11/h2-8,12,17H,9-10H2,1H3,(H,16,18). The van der Waals surface area contributed by atoms with E-state index in [0.29, 0.717) is 4.88 Å². The van der Waals surface area contributed by atoms with Gasteiger partial charge in [0.1, 0.15) is 0 Å². The van der Waals surface area contributed by atoms with Crippen LogP contribution in [0.4, 0.5) is 0 Å². The van der Waals surface area contributed by atoms with Crippen LogP contribution in [-0.4, -0.2) is 37.4 Å². The normalized spacial score (nSPS) is 12.1. The summed E-state index contributed by atoms with van der Waals surface area (Å²) in [6, 6.07) is 11.3. The van der Waals surface area contributed by atoms with Gasteiger partial charge in [0, 0.05) is 12.7 Å². The summed E-state index contributed by atoms with van der Waals surface area (Å²) in [5.74, 6) is -0.185. The van der Waals surface area contributed by atoms with Gasteiger partial charge in [-0.2, -0.15) is 0 Å². The van der Waals surface area contributed by atoms with Crippen LogP contribution >= 0.6 is 11.3 Å². The summed E-state index contributed by atoms with van der Waals surface area (Å²) in [5.41, 5.74) is 1.91. The van der Waals surface area contributed by atoms with E-state index in [9.17, 15) is 9.90 Å². The summed E-state index contributed by atoms with van der Waals surface area (Å²) >= 11 is 1.39. The second kappa shape index (κ2) is 7.19. The first kappa shape index (κ1) is 14.7. The molecule has 1 aromatic heterocycles. The zero-order valence-corrected chi connectivity index (χ0v) is 12.0. The highest BCUT2D eigenvalue weighted by atomic mass is 32.1. The Hall–Kier alpha value is -1.69. The van der Waals surface area contributed by atoms with Gasteiger partial charge in [-0.25, -0.2) is 0 Å². The zero-order valence-electron chi connectivity index (χ0n) is 11.2. The Morgan fingerprint density at radius 2 is 2.10 bits per heavy atom. The molecule has 0 aliphatic heterocycles. The maximum Gasteiger partial charge on any atom is 0.262 e. The SMILES string of the molecule is COCC(CO)NC(=O)c1sccc1-c1ccccc1. The smallest absolute Gasteiger partial charge is 0.262 e. The van der Waals surface area contributed by atoms with Crippen molar-refractivity contribution < 1.29 is 14.6 Å². The van der Waals surface area contributed by atoms with Crippen LogP contribution in [0, 0.1) is 0 Å². The van der Waals surface area contributed by atoms with E-state index in [4.69, 9.17) is 4.74 Å². The molecule has 0 aliphatic carbocycles. The Labute approximate surface area is 122 Å². The van der Waals surface area contributed by atoms with Crippen LogP contribution in [0.25, 0.3) is 11.1 Å². The minimum absolute atomic E-state index is 0.147. The predicted octanol–water partition coefficient (Wildman–Crippen LogP) is 2.15. The van der Waals surface area contributed by atoms with Crippen molar-refractivity contribution in [1.29, 1.82) is 0 Å². The van der Waals surface area contributed by atoms with Crippen LogP contribution in [0.5, 0.6) is 0 Å². The van der Waals surface area contributed by atoms with Gasteiger partial charge in [0.2, 0.25) is 0 Å². The van der Waals surface area contributed by atoms with E-state index in [-0.39, 0.29) is 19.1 Å². The fourth-order valence-corrected chi connectivity index (χ4v) is 2.74. The number of aliphatic hydroxyl groups excluding tert-OH is 1. The maximum absolute atomic E-state index is 12.3. The van der Waals surface area contributed by atoms with E-state index in [2.05, 4.69) is 5.32 Å². The Morgan fingerprint density at radius 3 is 2.75 bits per heavy atom. The highest BCUT2D eigenvalue weighted by Crippen LogP contribution is 2.28. The molecular formula is C15H17NO3S. The Morgan fingerprint density at radius 1 is 1.35 bits per heavy atom. The number of hydrogen-bond acceptors (Lipinski definition) is 4. The Bertz CT molecular complexity index is 553. The number of aliphatic hydroxyl groups is 1. The molecule has 0 saturated carbocycles. The molecule has 4 nitrogen and oxygen atoms in total. The van der Waals surface area contributed by atoms with E-state index >= 15 is 0 Å². The van der Waals surface area contributed by atoms with Crippen LogP contribution in [0.3, 0.4) is 0 Å². The number of carbonyl (C=O) groups excluding carboxylic acids is 1. The van der Waals surface area contributed by atoms with Gasteiger partial charge in [-0.15, -0.1) is 11.3 Å². The van der Waals surface area contributed by atoms with Crippen molar-refractivity contribution in [2.24, 2.45) is 0 Å². The molecule has 2 aromatic rings. The minimum Gasteiger partial charge on any atom is -0.394 e. The van der Waals surface area contributed by atoms with Crippen molar-refractivity contribution in [3.05, 3.63) is 46.7 Å². The first-order valence-electron chi connectivity index (χ1n) is 6.29. The van der Waals surface area contributed by atoms with Crippen molar-refractivity contribution in [3.63, 3.8) is 0 Å². The third-order valence-corrected chi connectivity index (χ3v) is 3.79. The second-order valence-corrected chi connectivity index (χ2v) is 5.25. The van der Waals surface area contributed by atoms with Crippen LogP contribution in [0.15, 0.2) is 41.8 Å². The lowest BCUT2D eigenvalue weighted by Gasteiger charge is -2.15. The number of thiophene rings is 1. The topological polar surface area (TPSA) is 58.6 Å². The molecule has 106 valence electrons. The average molecular weight is 291 g/mol. The molecule has 0 radical (unpaired) electrons. The van der Waals surface area contributed by atoms with E-state index < -0.39 is 6.04 Å². The van der Waals surface area contributed by atoms with Gasteiger partial charge in [-0.1, -0.05) is 30.3 Å². The Kier molecular flexibility index (Phi) is 5.29. The number of nitrogens with one attached hydrogen (secondary N) is 1. The largest absolute Gasteiger partial charge is 0.394 e. The number of ether oxygens (including phenoxy) is 1. The molecule has 20 heavy (non-hydrogen) atoms. The lowest BCUT2D eigenvalue weighted by atomic mass is 10.1. The number of benzene rings is 1. The molecule has 1 unspecified atom stereocenters. The number of rotatable bonds is 6. The molecule has 0 bridgehead atoms. The van der Waals surface area contributed by atoms with Gasteiger partial charge in [0.25, 0.3) is 5.91 Å². The third kappa shape index (κ3) is 3.45. The van der Waals surface area contributed by atoms with E-state index in [1.54, 1.807) is 0 Å². The quantitative estimate of drug-likeness (QED) is 0.857. The zero-order chi connectivity index (χ0) is 14.4. The highest BCUT2D eigenvalue weighted by molar-refractivity contribution is 7.12. The molecular weight excluding hydrogens is 274 g/mol. The minimum atomic E-state index is -0.391. The molecule has 2 rings (SSSR count). The monoisotopic (exact) mass is 291 g/mol. The summed E-state index contributed by atoms with van der Waals surface area (Å²) in [4.78, 5) is 12.9. The molecule has 0 aliphatic rings. The van der Waals surface area contributed by atoms with Crippen molar-refractivity contribution in [3.8, 4) is 11.1 Å². The number of amides is 1. The molecule has 0 saturated heterocycles. The number of carbonyl (C=O) groups is 1. The van der Waals surface area contributed by atoms with Crippen LogP contribution in [0.1, 0.15) is 9.67 Å². The van der Waals surface area contributed by atoms with E-state index in [1.165, 1.54) is 18.4 Å². The highest BCUT2D eigenvalue weighted by Gasteiger charge is 2.17. The van der Waals surface area contributed by atoms with Gasteiger partial charge in [0.15, 0.2) is 0 Å². The molecule has 1 amide bonds. The summed E-state index contributed by atoms with van der Waals surface area (Å²) in [6.07, 6.45) is 0. The summed E-state index contributed by atoms with van der Waals surface area (Å²) < 4.78 is 4.96. The van der Waals surface area contributed by atoms with Gasteiger partial charge in [-0.05, 0) is 17.0 Å². The van der Waals surface area contributed by atoms with E-state index in [0.717, 1.165) is 11.1 Å². The summed E-state index contributed by atoms with van der Waals surface area (Å²) in [6.45, 7) is 0.139. The first-order valence-corrected chi connectivity index (χ1v) is 7.17. The summed E-state index contributed by atoms with van der Waals surface area (Å²) in [5, 5.41) is 13.9. The van der Waals surface area contributed by atoms with Crippen LogP contribution < -0.4 is 5.32 Å². The van der Waals surface area contributed by atoms with Gasteiger partial charge in [-0.3, -0.25) is 4.79 Å². The van der Waals surface area contributed by atoms with Crippen LogP contribution in [-0.2, 0) is 4.74 Å².